The van der Waals surface area contributed by atoms with E-state index in [1.165, 1.54) is 11.5 Å². The third-order valence-electron chi connectivity index (χ3n) is 1.89. The Morgan fingerprint density at radius 1 is 1.45 bits per heavy atom. The number of rotatable bonds is 1. The standard InChI is InChI=1S/C10H15.Ru/c1-8(2)10-6-4-9(3)5-7-10;/h4,6-8H,5H2,1-3H3;/q-1;+1. The van der Waals surface area contributed by atoms with Gasteiger partial charge in [-0.1, -0.05) is 20.3 Å². The van der Waals surface area contributed by atoms with Gasteiger partial charge in [0.1, 0.15) is 0 Å². The molecule has 0 nitrogen and oxygen atoms in total. The second kappa shape index (κ2) is 4.77. The molecular weight excluding hydrogens is 221 g/mol. The van der Waals surface area contributed by atoms with E-state index in [2.05, 4.69) is 39.0 Å². The van der Waals surface area contributed by atoms with Crippen LogP contribution in [0.5, 0.6) is 0 Å². The fourth-order valence-corrected chi connectivity index (χ4v) is 1.08. The first kappa shape index (κ1) is 11.0. The van der Waals surface area contributed by atoms with E-state index < -0.39 is 0 Å². The smallest absolute Gasteiger partial charge is 0.225 e. The van der Waals surface area contributed by atoms with E-state index in [9.17, 15) is 0 Å². The summed E-state index contributed by atoms with van der Waals surface area (Å²) < 4.78 is 0. The molecule has 1 heteroatoms. The summed E-state index contributed by atoms with van der Waals surface area (Å²) in [6.07, 6.45) is 7.91. The van der Waals surface area contributed by atoms with Gasteiger partial charge < -0.3 is 0 Å². The van der Waals surface area contributed by atoms with E-state index in [4.69, 9.17) is 0 Å². The molecule has 0 aliphatic heterocycles. The number of allylic oxidation sites excluding steroid dienone is 4. The van der Waals surface area contributed by atoms with Crippen LogP contribution in [0.3, 0.4) is 0 Å². The van der Waals surface area contributed by atoms with Crippen molar-refractivity contribution in [2.45, 2.75) is 27.2 Å². The maximum atomic E-state index is 2.32. The van der Waals surface area contributed by atoms with Crippen molar-refractivity contribution in [2.24, 2.45) is 5.92 Å². The van der Waals surface area contributed by atoms with Crippen LogP contribution in [0.15, 0.2) is 23.8 Å². The zero-order valence-electron chi connectivity index (χ0n) is 7.37. The van der Waals surface area contributed by atoms with E-state index in [1.54, 1.807) is 0 Å². The van der Waals surface area contributed by atoms with Gasteiger partial charge in [0.2, 0.25) is 0 Å². The van der Waals surface area contributed by atoms with Crippen molar-refractivity contribution in [3.8, 4) is 0 Å². The molecule has 1 aliphatic carbocycles. The Morgan fingerprint density at radius 3 is 2.45 bits per heavy atom. The predicted molar refractivity (Wildman–Crippen MR) is 45.6 cm³/mol. The van der Waals surface area contributed by atoms with E-state index >= 15 is 0 Å². The third kappa shape index (κ3) is 3.25. The summed E-state index contributed by atoms with van der Waals surface area (Å²) in [6.45, 7) is 6.64. The van der Waals surface area contributed by atoms with Gasteiger partial charge in [-0.25, -0.2) is 18.1 Å². The van der Waals surface area contributed by atoms with Crippen LogP contribution in [0, 0.1) is 11.8 Å². The summed E-state index contributed by atoms with van der Waals surface area (Å²) in [7, 11) is 0. The minimum absolute atomic E-state index is 0. The summed E-state index contributed by atoms with van der Waals surface area (Å²) in [6, 6.07) is 0. The first-order valence-corrected chi connectivity index (χ1v) is 3.90. The largest absolute Gasteiger partial charge is 1.00 e. The number of hydrogen-bond acceptors (Lipinski definition) is 0. The Morgan fingerprint density at radius 2 is 2.09 bits per heavy atom. The van der Waals surface area contributed by atoms with Crippen molar-refractivity contribution < 1.29 is 19.5 Å². The van der Waals surface area contributed by atoms with Gasteiger partial charge >= 0.3 is 19.5 Å². The molecular formula is C10H15Ru. The maximum Gasteiger partial charge on any atom is 1.00 e. The van der Waals surface area contributed by atoms with Gasteiger partial charge in [-0.2, -0.15) is 0 Å². The third-order valence-corrected chi connectivity index (χ3v) is 1.89. The SMILES string of the molecule is C[C-]1C=CC(C(C)C)=CC1.[Ru+]. The number of hydrogen-bond donors (Lipinski definition) is 0. The average molecular weight is 236 g/mol. The van der Waals surface area contributed by atoms with E-state index in [-0.39, 0.29) is 19.5 Å². The molecule has 0 aromatic carbocycles. The maximum absolute atomic E-state index is 2.32. The zero-order chi connectivity index (χ0) is 7.56. The molecule has 0 unspecified atom stereocenters. The molecule has 0 atom stereocenters. The normalized spacial score (nSPS) is 16.4. The molecule has 0 fully saturated rings. The second-order valence-corrected chi connectivity index (χ2v) is 3.24. The van der Waals surface area contributed by atoms with Crippen molar-refractivity contribution in [2.75, 3.05) is 0 Å². The molecule has 63 valence electrons. The van der Waals surface area contributed by atoms with Crippen LogP contribution in [0.4, 0.5) is 0 Å². The molecule has 0 saturated heterocycles. The molecule has 0 aromatic rings. The van der Waals surface area contributed by atoms with Gasteiger partial charge in [-0.3, -0.25) is 0 Å². The van der Waals surface area contributed by atoms with Crippen molar-refractivity contribution >= 4 is 0 Å². The molecule has 0 spiro atoms. The molecule has 1 aliphatic rings. The van der Waals surface area contributed by atoms with Crippen LogP contribution < -0.4 is 0 Å². The van der Waals surface area contributed by atoms with Crippen molar-refractivity contribution in [1.82, 2.24) is 0 Å². The van der Waals surface area contributed by atoms with Gasteiger partial charge in [-0.05, 0) is 5.92 Å². The molecule has 0 bridgehead atoms. The fourth-order valence-electron chi connectivity index (χ4n) is 1.08. The van der Waals surface area contributed by atoms with Crippen LogP contribution in [-0.2, 0) is 19.5 Å². The average Bonchev–Trinajstić information content (AvgIpc) is 1.88. The van der Waals surface area contributed by atoms with Crippen molar-refractivity contribution in [3.63, 3.8) is 0 Å². The fraction of sp³-hybridized carbons (Fsp3) is 0.500. The summed E-state index contributed by atoms with van der Waals surface area (Å²) in [5.74, 6) is 2.15. The van der Waals surface area contributed by atoms with Gasteiger partial charge in [0.15, 0.2) is 0 Å². The topological polar surface area (TPSA) is 0 Å². The van der Waals surface area contributed by atoms with E-state index in [1.807, 2.05) is 0 Å². The minimum Gasteiger partial charge on any atom is -0.225 e. The van der Waals surface area contributed by atoms with Crippen LogP contribution in [0.1, 0.15) is 27.2 Å². The quantitative estimate of drug-likeness (QED) is 0.485. The summed E-state index contributed by atoms with van der Waals surface area (Å²) >= 11 is 0. The minimum atomic E-state index is 0. The van der Waals surface area contributed by atoms with Gasteiger partial charge in [-0.15, -0.1) is 18.6 Å². The molecule has 0 heterocycles. The van der Waals surface area contributed by atoms with Crippen molar-refractivity contribution in [1.29, 1.82) is 0 Å². The molecule has 11 heavy (non-hydrogen) atoms. The van der Waals surface area contributed by atoms with Crippen LogP contribution in [-0.4, -0.2) is 0 Å². The van der Waals surface area contributed by atoms with Crippen LogP contribution >= 0.6 is 0 Å². The van der Waals surface area contributed by atoms with Crippen LogP contribution in [0.2, 0.25) is 0 Å². The summed E-state index contributed by atoms with van der Waals surface area (Å²) in [5.41, 5.74) is 1.48. The Bertz CT molecular complexity index is 166. The molecule has 0 aromatic heterocycles. The monoisotopic (exact) mass is 237 g/mol. The Labute approximate surface area is 82.5 Å². The van der Waals surface area contributed by atoms with Gasteiger partial charge in [0, 0.05) is 0 Å². The molecule has 1 radical (unpaired) electrons. The van der Waals surface area contributed by atoms with Crippen LogP contribution in [0.25, 0.3) is 0 Å². The summed E-state index contributed by atoms with van der Waals surface area (Å²) in [5, 5.41) is 0. The molecule has 1 rings (SSSR count). The first-order valence-electron chi connectivity index (χ1n) is 3.90. The second-order valence-electron chi connectivity index (χ2n) is 3.24. The zero-order valence-corrected chi connectivity index (χ0v) is 9.11. The van der Waals surface area contributed by atoms with E-state index in [0.717, 1.165) is 6.42 Å². The summed E-state index contributed by atoms with van der Waals surface area (Å²) in [4.78, 5) is 0. The first-order chi connectivity index (χ1) is 4.70. The molecule has 0 amide bonds. The Balaban J connectivity index is 0.000001000. The Kier molecular flexibility index (Phi) is 4.76. The van der Waals surface area contributed by atoms with Gasteiger partial charge in [0.05, 0.1) is 0 Å². The molecule has 0 saturated carbocycles. The Hall–Kier alpha value is -0.0266. The molecule has 0 N–H and O–H groups in total. The predicted octanol–water partition coefficient (Wildman–Crippen LogP) is 3.12. The van der Waals surface area contributed by atoms with E-state index in [0.29, 0.717) is 5.92 Å². The van der Waals surface area contributed by atoms with Gasteiger partial charge in [0.25, 0.3) is 0 Å². The van der Waals surface area contributed by atoms with Crippen molar-refractivity contribution in [3.05, 3.63) is 29.7 Å².